The summed E-state index contributed by atoms with van der Waals surface area (Å²) < 4.78 is 4.23. The van der Waals surface area contributed by atoms with Gasteiger partial charge in [-0.25, -0.2) is 4.98 Å². The molecular formula is C13H20N4OS. The van der Waals surface area contributed by atoms with Gasteiger partial charge in [-0.2, -0.15) is 4.37 Å². The molecule has 1 N–H and O–H groups in total. The maximum atomic E-state index is 12.0. The van der Waals surface area contributed by atoms with Crippen LogP contribution < -0.4 is 10.2 Å². The van der Waals surface area contributed by atoms with Crippen LogP contribution >= 0.6 is 11.5 Å². The molecule has 2 heterocycles. The fourth-order valence-electron chi connectivity index (χ4n) is 2.67. The van der Waals surface area contributed by atoms with Crippen molar-refractivity contribution in [2.24, 2.45) is 5.92 Å². The lowest BCUT2D eigenvalue weighted by Gasteiger charge is -2.34. The van der Waals surface area contributed by atoms with Crippen LogP contribution in [0.5, 0.6) is 0 Å². The molecule has 1 amide bonds. The van der Waals surface area contributed by atoms with Crippen LogP contribution in [0.4, 0.5) is 5.13 Å². The number of hydrogen-bond donors (Lipinski definition) is 1. The van der Waals surface area contributed by atoms with Crippen LogP contribution in [-0.2, 0) is 4.79 Å². The Hall–Kier alpha value is -1.17. The van der Waals surface area contributed by atoms with Crippen molar-refractivity contribution in [1.29, 1.82) is 0 Å². The Kier molecular flexibility index (Phi) is 3.68. The lowest BCUT2D eigenvalue weighted by molar-refractivity contribution is -0.128. The molecule has 1 atom stereocenters. The lowest BCUT2D eigenvalue weighted by atomic mass is 9.84. The standard InChI is InChI=1S/C13H20N4OS/c1-9-14-13(19-16-9)17-7-3-6-11(8-17)15-12(18)10-4-2-5-10/h10-11H,2-8H2,1H3,(H,15,18). The van der Waals surface area contributed by atoms with E-state index in [0.717, 1.165) is 49.7 Å². The second-order valence-electron chi connectivity index (χ2n) is 5.55. The molecule has 1 saturated heterocycles. The number of rotatable bonds is 3. The van der Waals surface area contributed by atoms with Crippen molar-refractivity contribution in [2.75, 3.05) is 18.0 Å². The minimum Gasteiger partial charge on any atom is -0.351 e. The third-order valence-electron chi connectivity index (χ3n) is 4.03. The zero-order valence-corrected chi connectivity index (χ0v) is 12.1. The highest BCUT2D eigenvalue weighted by atomic mass is 32.1. The molecule has 1 aromatic heterocycles. The minimum absolute atomic E-state index is 0.256. The zero-order chi connectivity index (χ0) is 13.2. The van der Waals surface area contributed by atoms with E-state index in [-0.39, 0.29) is 17.9 Å². The van der Waals surface area contributed by atoms with Crippen LogP contribution in [-0.4, -0.2) is 34.4 Å². The van der Waals surface area contributed by atoms with E-state index in [2.05, 4.69) is 19.6 Å². The van der Waals surface area contributed by atoms with Crippen molar-refractivity contribution >= 4 is 22.6 Å². The van der Waals surface area contributed by atoms with Crippen LogP contribution in [0.2, 0.25) is 0 Å². The molecule has 1 aliphatic heterocycles. The molecule has 3 rings (SSSR count). The number of nitrogens with zero attached hydrogens (tertiary/aromatic N) is 3. The van der Waals surface area contributed by atoms with Gasteiger partial charge in [0, 0.05) is 36.6 Å². The van der Waals surface area contributed by atoms with Crippen molar-refractivity contribution in [1.82, 2.24) is 14.7 Å². The summed E-state index contributed by atoms with van der Waals surface area (Å²) in [6.45, 7) is 3.80. The Labute approximate surface area is 117 Å². The summed E-state index contributed by atoms with van der Waals surface area (Å²) >= 11 is 1.45. The molecule has 19 heavy (non-hydrogen) atoms. The van der Waals surface area contributed by atoms with Gasteiger partial charge in [-0.05, 0) is 32.6 Å². The Morgan fingerprint density at radius 2 is 2.21 bits per heavy atom. The second kappa shape index (κ2) is 5.45. The van der Waals surface area contributed by atoms with E-state index in [1.807, 2.05) is 6.92 Å². The Morgan fingerprint density at radius 1 is 1.37 bits per heavy atom. The monoisotopic (exact) mass is 280 g/mol. The number of hydrogen-bond acceptors (Lipinski definition) is 5. The molecule has 1 aliphatic carbocycles. The van der Waals surface area contributed by atoms with E-state index in [1.54, 1.807) is 0 Å². The van der Waals surface area contributed by atoms with Crippen LogP contribution in [0.15, 0.2) is 0 Å². The first kappa shape index (κ1) is 12.8. The number of carbonyl (C=O) groups is 1. The van der Waals surface area contributed by atoms with Gasteiger partial charge < -0.3 is 10.2 Å². The first-order chi connectivity index (χ1) is 9.22. The molecule has 6 heteroatoms. The molecule has 1 unspecified atom stereocenters. The van der Waals surface area contributed by atoms with E-state index < -0.39 is 0 Å². The average molecular weight is 280 g/mol. The van der Waals surface area contributed by atoms with E-state index in [0.29, 0.717) is 0 Å². The van der Waals surface area contributed by atoms with Crippen molar-refractivity contribution in [3.63, 3.8) is 0 Å². The average Bonchev–Trinajstić information content (AvgIpc) is 2.74. The number of anilines is 1. The summed E-state index contributed by atoms with van der Waals surface area (Å²) in [5, 5.41) is 4.19. The number of aromatic nitrogens is 2. The van der Waals surface area contributed by atoms with E-state index >= 15 is 0 Å². The van der Waals surface area contributed by atoms with Crippen molar-refractivity contribution in [2.45, 2.75) is 45.1 Å². The summed E-state index contributed by atoms with van der Waals surface area (Å²) in [5.41, 5.74) is 0. The van der Waals surface area contributed by atoms with E-state index in [1.165, 1.54) is 18.0 Å². The quantitative estimate of drug-likeness (QED) is 0.916. The Morgan fingerprint density at radius 3 is 2.84 bits per heavy atom. The summed E-state index contributed by atoms with van der Waals surface area (Å²) in [6, 6.07) is 0.269. The first-order valence-electron chi connectivity index (χ1n) is 7.08. The van der Waals surface area contributed by atoms with Crippen molar-refractivity contribution in [3.05, 3.63) is 5.82 Å². The van der Waals surface area contributed by atoms with Gasteiger partial charge in [0.15, 0.2) is 0 Å². The third-order valence-corrected chi connectivity index (χ3v) is 4.90. The van der Waals surface area contributed by atoms with Gasteiger partial charge in [0.25, 0.3) is 0 Å². The number of amides is 1. The van der Waals surface area contributed by atoms with Gasteiger partial charge in [0.05, 0.1) is 0 Å². The summed E-state index contributed by atoms with van der Waals surface area (Å²) in [7, 11) is 0. The van der Waals surface area contributed by atoms with Gasteiger partial charge in [0.1, 0.15) is 5.82 Å². The highest BCUT2D eigenvalue weighted by Gasteiger charge is 2.29. The van der Waals surface area contributed by atoms with Gasteiger partial charge in [0.2, 0.25) is 11.0 Å². The van der Waals surface area contributed by atoms with Gasteiger partial charge in [-0.15, -0.1) is 0 Å². The molecule has 5 nitrogen and oxygen atoms in total. The topological polar surface area (TPSA) is 58.1 Å². The highest BCUT2D eigenvalue weighted by molar-refractivity contribution is 7.09. The number of aryl methyl sites for hydroxylation is 1. The fraction of sp³-hybridized carbons (Fsp3) is 0.769. The third kappa shape index (κ3) is 2.88. The van der Waals surface area contributed by atoms with Crippen LogP contribution in [0.3, 0.4) is 0 Å². The second-order valence-corrected chi connectivity index (χ2v) is 6.28. The highest BCUT2D eigenvalue weighted by Crippen LogP contribution is 2.27. The SMILES string of the molecule is Cc1nsc(N2CCCC(NC(=O)C3CCC3)C2)n1. The van der Waals surface area contributed by atoms with Gasteiger partial charge >= 0.3 is 0 Å². The Balaban J connectivity index is 1.57. The number of piperidine rings is 1. The number of nitrogens with one attached hydrogen (secondary N) is 1. The largest absolute Gasteiger partial charge is 0.351 e. The van der Waals surface area contributed by atoms with E-state index in [9.17, 15) is 4.79 Å². The molecule has 1 aromatic rings. The fourth-order valence-corrected chi connectivity index (χ4v) is 3.38. The molecule has 104 valence electrons. The molecule has 2 fully saturated rings. The predicted octanol–water partition coefficient (Wildman–Crippen LogP) is 1.73. The van der Waals surface area contributed by atoms with Gasteiger partial charge in [-0.3, -0.25) is 4.79 Å². The normalized spacial score (nSPS) is 24.1. The Bertz CT molecular complexity index is 457. The van der Waals surface area contributed by atoms with Crippen LogP contribution in [0.25, 0.3) is 0 Å². The molecule has 0 spiro atoms. The molecule has 0 aromatic carbocycles. The van der Waals surface area contributed by atoms with E-state index in [4.69, 9.17) is 0 Å². The smallest absolute Gasteiger partial charge is 0.223 e. The maximum Gasteiger partial charge on any atom is 0.223 e. The molecule has 0 radical (unpaired) electrons. The summed E-state index contributed by atoms with van der Waals surface area (Å²) in [6.07, 6.45) is 5.52. The summed E-state index contributed by atoms with van der Waals surface area (Å²) in [4.78, 5) is 18.7. The molecule has 0 bridgehead atoms. The lowest BCUT2D eigenvalue weighted by Crippen LogP contribution is -2.50. The predicted molar refractivity (Wildman–Crippen MR) is 75.4 cm³/mol. The number of carbonyl (C=O) groups excluding carboxylic acids is 1. The van der Waals surface area contributed by atoms with Gasteiger partial charge in [-0.1, -0.05) is 6.42 Å². The van der Waals surface area contributed by atoms with Crippen molar-refractivity contribution in [3.8, 4) is 0 Å². The molecular weight excluding hydrogens is 260 g/mol. The van der Waals surface area contributed by atoms with Crippen LogP contribution in [0, 0.1) is 12.8 Å². The van der Waals surface area contributed by atoms with Crippen LogP contribution in [0.1, 0.15) is 37.9 Å². The molecule has 2 aliphatic rings. The first-order valence-corrected chi connectivity index (χ1v) is 7.85. The molecule has 1 saturated carbocycles. The summed E-state index contributed by atoms with van der Waals surface area (Å²) in [5.74, 6) is 1.37. The zero-order valence-electron chi connectivity index (χ0n) is 11.3. The minimum atomic E-state index is 0.256. The van der Waals surface area contributed by atoms with Crippen molar-refractivity contribution < 1.29 is 4.79 Å². The maximum absolute atomic E-state index is 12.0.